The molecule has 2 heterocycles. The summed E-state index contributed by atoms with van der Waals surface area (Å²) in [5.74, 6) is 0.454. The van der Waals surface area contributed by atoms with Crippen LogP contribution in [0.5, 0.6) is 5.75 Å². The highest BCUT2D eigenvalue weighted by Gasteiger charge is 2.36. The van der Waals surface area contributed by atoms with Gasteiger partial charge in [0.05, 0.1) is 12.7 Å². The molecule has 24 heavy (non-hydrogen) atoms. The average molecular weight is 347 g/mol. The van der Waals surface area contributed by atoms with Crippen LogP contribution in [0.4, 0.5) is 0 Å². The van der Waals surface area contributed by atoms with E-state index in [1.165, 1.54) is 7.11 Å². The number of nitrogens with zero attached hydrogens (tertiary/aromatic N) is 2. The number of hydrogen-bond donors (Lipinski definition) is 1. The SMILES string of the molecule is COc1ccc(Cl)cc1C(=O)N1C[C@@H](CO)[C@H](c2ccncc2)C1. The van der Waals surface area contributed by atoms with Crippen LogP contribution in [0.3, 0.4) is 0 Å². The molecular formula is C18H19ClN2O3. The average Bonchev–Trinajstić information content (AvgIpc) is 3.06. The lowest BCUT2D eigenvalue weighted by Crippen LogP contribution is -2.29. The van der Waals surface area contributed by atoms with Gasteiger partial charge in [-0.2, -0.15) is 0 Å². The maximum atomic E-state index is 12.9. The zero-order valence-corrected chi connectivity index (χ0v) is 14.1. The third-order valence-electron chi connectivity index (χ3n) is 4.49. The first-order valence-electron chi connectivity index (χ1n) is 7.77. The van der Waals surface area contributed by atoms with E-state index in [4.69, 9.17) is 16.3 Å². The summed E-state index contributed by atoms with van der Waals surface area (Å²) in [6.07, 6.45) is 3.46. The molecule has 1 aromatic heterocycles. The topological polar surface area (TPSA) is 62.7 Å². The van der Waals surface area contributed by atoms with E-state index in [1.807, 2.05) is 12.1 Å². The molecule has 1 N–H and O–H groups in total. The minimum atomic E-state index is -0.135. The Bertz CT molecular complexity index is 723. The molecule has 0 aliphatic carbocycles. The van der Waals surface area contributed by atoms with Gasteiger partial charge in [0.2, 0.25) is 0 Å². The van der Waals surface area contributed by atoms with Gasteiger partial charge in [-0.25, -0.2) is 0 Å². The lowest BCUT2D eigenvalue weighted by molar-refractivity contribution is 0.0778. The second-order valence-electron chi connectivity index (χ2n) is 5.88. The summed E-state index contributed by atoms with van der Waals surface area (Å²) in [6, 6.07) is 8.87. The number of hydrogen-bond acceptors (Lipinski definition) is 4. The molecule has 1 aliphatic heterocycles. The predicted molar refractivity (Wildman–Crippen MR) is 91.5 cm³/mol. The Morgan fingerprint density at radius 2 is 2.08 bits per heavy atom. The Morgan fingerprint density at radius 1 is 1.33 bits per heavy atom. The van der Waals surface area contributed by atoms with Crippen molar-refractivity contribution in [1.82, 2.24) is 9.88 Å². The second kappa shape index (κ2) is 7.20. The van der Waals surface area contributed by atoms with E-state index in [0.717, 1.165) is 5.56 Å². The van der Waals surface area contributed by atoms with E-state index < -0.39 is 0 Å². The first-order valence-corrected chi connectivity index (χ1v) is 8.15. The number of halogens is 1. The van der Waals surface area contributed by atoms with Gasteiger partial charge >= 0.3 is 0 Å². The summed E-state index contributed by atoms with van der Waals surface area (Å²) in [5, 5.41) is 10.2. The molecule has 0 radical (unpaired) electrons. The van der Waals surface area contributed by atoms with Crippen LogP contribution in [-0.4, -0.2) is 47.7 Å². The first-order chi connectivity index (χ1) is 11.6. The quantitative estimate of drug-likeness (QED) is 0.924. The Morgan fingerprint density at radius 3 is 2.75 bits per heavy atom. The second-order valence-corrected chi connectivity index (χ2v) is 6.32. The molecule has 0 saturated carbocycles. The molecule has 0 unspecified atom stereocenters. The van der Waals surface area contributed by atoms with Crippen LogP contribution < -0.4 is 4.74 Å². The molecule has 1 amide bonds. The number of methoxy groups -OCH3 is 1. The minimum absolute atomic E-state index is 0.00142. The zero-order valence-electron chi connectivity index (χ0n) is 13.4. The normalized spacial score (nSPS) is 20.2. The molecule has 5 nitrogen and oxygen atoms in total. The number of carbonyl (C=O) groups is 1. The maximum absolute atomic E-state index is 12.9. The van der Waals surface area contributed by atoms with E-state index in [-0.39, 0.29) is 24.3 Å². The van der Waals surface area contributed by atoms with Crippen LogP contribution in [-0.2, 0) is 0 Å². The van der Waals surface area contributed by atoms with Gasteiger partial charge in [-0.1, -0.05) is 11.6 Å². The summed E-state index contributed by atoms with van der Waals surface area (Å²) in [4.78, 5) is 18.7. The van der Waals surface area contributed by atoms with Crippen molar-refractivity contribution in [2.75, 3.05) is 26.8 Å². The molecule has 3 rings (SSSR count). The summed E-state index contributed by atoms with van der Waals surface area (Å²) in [5.41, 5.74) is 1.52. The number of likely N-dealkylation sites (tertiary alicyclic amines) is 1. The Labute approximate surface area is 145 Å². The van der Waals surface area contributed by atoms with Gasteiger partial charge < -0.3 is 14.7 Å². The number of benzene rings is 1. The molecule has 2 aromatic rings. The maximum Gasteiger partial charge on any atom is 0.257 e. The Balaban J connectivity index is 1.86. The zero-order chi connectivity index (χ0) is 17.1. The Hall–Kier alpha value is -2.11. The smallest absolute Gasteiger partial charge is 0.257 e. The highest BCUT2D eigenvalue weighted by Crippen LogP contribution is 2.34. The number of ether oxygens (including phenoxy) is 1. The van der Waals surface area contributed by atoms with Crippen molar-refractivity contribution < 1.29 is 14.6 Å². The van der Waals surface area contributed by atoms with Gasteiger partial charge in [0.15, 0.2) is 0 Å². The van der Waals surface area contributed by atoms with Gasteiger partial charge in [0, 0.05) is 48.9 Å². The fourth-order valence-corrected chi connectivity index (χ4v) is 3.40. The number of carbonyl (C=O) groups excluding carboxylic acids is 1. The summed E-state index contributed by atoms with van der Waals surface area (Å²) < 4.78 is 5.28. The van der Waals surface area contributed by atoms with E-state index in [0.29, 0.717) is 29.4 Å². The molecular weight excluding hydrogens is 328 g/mol. The number of rotatable bonds is 4. The molecule has 126 valence electrons. The van der Waals surface area contributed by atoms with Crippen LogP contribution >= 0.6 is 11.6 Å². The lowest BCUT2D eigenvalue weighted by Gasteiger charge is -2.18. The van der Waals surface area contributed by atoms with Crippen molar-refractivity contribution in [2.24, 2.45) is 5.92 Å². The summed E-state index contributed by atoms with van der Waals surface area (Å²) >= 11 is 6.03. The number of pyridine rings is 1. The number of aromatic nitrogens is 1. The van der Waals surface area contributed by atoms with Crippen LogP contribution in [0.15, 0.2) is 42.7 Å². The largest absolute Gasteiger partial charge is 0.496 e. The Kier molecular flexibility index (Phi) is 5.02. The van der Waals surface area contributed by atoms with Crippen molar-refractivity contribution in [3.63, 3.8) is 0 Å². The van der Waals surface area contributed by atoms with Crippen LogP contribution in [0, 0.1) is 5.92 Å². The van der Waals surface area contributed by atoms with Crippen LogP contribution in [0.25, 0.3) is 0 Å². The number of aliphatic hydroxyl groups is 1. The molecule has 0 spiro atoms. The van der Waals surface area contributed by atoms with Gasteiger partial charge in [-0.3, -0.25) is 9.78 Å². The molecule has 1 aliphatic rings. The van der Waals surface area contributed by atoms with Crippen molar-refractivity contribution >= 4 is 17.5 Å². The summed E-state index contributed by atoms with van der Waals surface area (Å²) in [6.45, 7) is 1.07. The highest BCUT2D eigenvalue weighted by atomic mass is 35.5. The lowest BCUT2D eigenvalue weighted by atomic mass is 9.90. The molecule has 0 bridgehead atoms. The van der Waals surface area contributed by atoms with Gasteiger partial charge in [-0.05, 0) is 35.9 Å². The molecule has 1 aromatic carbocycles. The van der Waals surface area contributed by atoms with Crippen LogP contribution in [0.1, 0.15) is 21.8 Å². The third-order valence-corrected chi connectivity index (χ3v) is 4.72. The number of amides is 1. The molecule has 6 heteroatoms. The highest BCUT2D eigenvalue weighted by molar-refractivity contribution is 6.31. The minimum Gasteiger partial charge on any atom is -0.496 e. The van der Waals surface area contributed by atoms with E-state index in [9.17, 15) is 9.90 Å². The van der Waals surface area contributed by atoms with Crippen molar-refractivity contribution in [3.8, 4) is 5.75 Å². The monoisotopic (exact) mass is 346 g/mol. The molecule has 2 atom stereocenters. The standard InChI is InChI=1S/C18H19ClN2O3/c1-24-17-3-2-14(19)8-15(17)18(23)21-9-13(11-22)16(10-21)12-4-6-20-7-5-12/h2-8,13,16,22H,9-11H2,1H3/t13-,16-/m0/s1. The van der Waals surface area contributed by atoms with Crippen molar-refractivity contribution in [1.29, 1.82) is 0 Å². The third kappa shape index (κ3) is 3.23. The molecule has 1 fully saturated rings. The fraction of sp³-hybridized carbons (Fsp3) is 0.333. The van der Waals surface area contributed by atoms with E-state index in [1.54, 1.807) is 35.5 Å². The van der Waals surface area contributed by atoms with Gasteiger partial charge in [0.25, 0.3) is 5.91 Å². The van der Waals surface area contributed by atoms with Crippen molar-refractivity contribution in [3.05, 3.63) is 58.9 Å². The van der Waals surface area contributed by atoms with E-state index >= 15 is 0 Å². The molecule has 1 saturated heterocycles. The fourth-order valence-electron chi connectivity index (χ4n) is 3.23. The van der Waals surface area contributed by atoms with Gasteiger partial charge in [-0.15, -0.1) is 0 Å². The predicted octanol–water partition coefficient (Wildman–Crippen LogP) is 2.59. The van der Waals surface area contributed by atoms with Gasteiger partial charge in [0.1, 0.15) is 5.75 Å². The number of aliphatic hydroxyl groups excluding tert-OH is 1. The van der Waals surface area contributed by atoms with E-state index in [2.05, 4.69) is 4.98 Å². The van der Waals surface area contributed by atoms with Crippen molar-refractivity contribution in [2.45, 2.75) is 5.92 Å². The van der Waals surface area contributed by atoms with Crippen LogP contribution in [0.2, 0.25) is 5.02 Å². The summed E-state index contributed by atoms with van der Waals surface area (Å²) in [7, 11) is 1.53. The first kappa shape index (κ1) is 16.7.